The number of alkyl halides is 2. The van der Waals surface area contributed by atoms with Gasteiger partial charge in [-0.2, -0.15) is 8.42 Å². The van der Waals surface area contributed by atoms with Gasteiger partial charge in [0.15, 0.2) is 0 Å². The van der Waals surface area contributed by atoms with E-state index in [9.17, 15) is 17.2 Å². The molecule has 0 amide bonds. The summed E-state index contributed by atoms with van der Waals surface area (Å²) in [5.41, 5.74) is 0. The minimum absolute atomic E-state index is 0.234. The molecule has 19 heavy (non-hydrogen) atoms. The highest BCUT2D eigenvalue weighted by molar-refractivity contribution is 7.80. The van der Waals surface area contributed by atoms with Crippen molar-refractivity contribution in [1.29, 1.82) is 0 Å². The Labute approximate surface area is 114 Å². The van der Waals surface area contributed by atoms with Gasteiger partial charge in [-0.05, 0) is 12.8 Å². The van der Waals surface area contributed by atoms with Gasteiger partial charge in [-0.3, -0.25) is 8.94 Å². The fourth-order valence-corrected chi connectivity index (χ4v) is 2.08. The lowest BCUT2D eigenvalue weighted by molar-refractivity contribution is 0.172. The molecule has 0 aliphatic rings. The molecular weight excluding hydrogens is 278 g/mol. The third-order valence-electron chi connectivity index (χ3n) is 2.80. The first-order chi connectivity index (χ1) is 8.95. The largest absolute Gasteiger partial charge is 0.397 e. The van der Waals surface area contributed by atoms with Crippen molar-refractivity contribution in [1.82, 2.24) is 0 Å². The lowest BCUT2D eigenvalue weighted by Crippen LogP contribution is -2.14. The Morgan fingerprint density at radius 1 is 0.947 bits per heavy atom. The van der Waals surface area contributed by atoms with Crippen molar-refractivity contribution in [2.45, 2.75) is 64.0 Å². The summed E-state index contributed by atoms with van der Waals surface area (Å²) in [6.07, 6.45) is 6.15. The molecule has 0 aromatic rings. The van der Waals surface area contributed by atoms with Crippen LogP contribution >= 0.6 is 0 Å². The third-order valence-corrected chi connectivity index (χ3v) is 3.23. The van der Waals surface area contributed by atoms with Crippen LogP contribution in [0.4, 0.5) is 8.78 Å². The van der Waals surface area contributed by atoms with Crippen LogP contribution in [0.2, 0.25) is 0 Å². The molecule has 1 unspecified atom stereocenters. The van der Waals surface area contributed by atoms with Crippen LogP contribution in [0, 0.1) is 0 Å². The maximum absolute atomic E-state index is 13.1. The van der Waals surface area contributed by atoms with Crippen molar-refractivity contribution in [2.24, 2.45) is 0 Å². The van der Waals surface area contributed by atoms with E-state index in [1.54, 1.807) is 0 Å². The molecule has 0 bridgehead atoms. The molecule has 0 saturated heterocycles. The maximum Gasteiger partial charge on any atom is 0.397 e. The average Bonchev–Trinajstić information content (AvgIpc) is 2.33. The van der Waals surface area contributed by atoms with Gasteiger partial charge in [0.1, 0.15) is 6.17 Å². The standard InChI is InChI=1S/C12H24F2O4S/c13-10-8-6-4-2-1-3-5-7-9-12(14)11-18-19(15,16)17/h12H,1-11H2,(H,15,16,17). The van der Waals surface area contributed by atoms with E-state index in [0.29, 0.717) is 12.8 Å². The lowest BCUT2D eigenvalue weighted by Gasteiger charge is -2.07. The minimum Gasteiger partial charge on any atom is -0.264 e. The maximum atomic E-state index is 13.1. The molecule has 116 valence electrons. The molecule has 4 nitrogen and oxygen atoms in total. The Morgan fingerprint density at radius 3 is 1.89 bits per heavy atom. The van der Waals surface area contributed by atoms with E-state index < -0.39 is 23.2 Å². The molecule has 0 fully saturated rings. The van der Waals surface area contributed by atoms with Crippen LogP contribution in [0.15, 0.2) is 0 Å². The number of unbranched alkanes of at least 4 members (excludes halogenated alkanes) is 7. The molecule has 0 aliphatic heterocycles. The molecule has 1 atom stereocenters. The third kappa shape index (κ3) is 15.7. The van der Waals surface area contributed by atoms with E-state index in [0.717, 1.165) is 38.5 Å². The Morgan fingerprint density at radius 2 is 1.42 bits per heavy atom. The van der Waals surface area contributed by atoms with Crippen molar-refractivity contribution in [3.8, 4) is 0 Å². The van der Waals surface area contributed by atoms with Gasteiger partial charge in [-0.1, -0.05) is 44.9 Å². The molecular formula is C12H24F2O4S. The molecule has 0 aliphatic carbocycles. The zero-order chi connectivity index (χ0) is 14.6. The van der Waals surface area contributed by atoms with Gasteiger partial charge in [-0.15, -0.1) is 0 Å². The van der Waals surface area contributed by atoms with E-state index in [1.165, 1.54) is 0 Å². The summed E-state index contributed by atoms with van der Waals surface area (Å²) >= 11 is 0. The molecule has 0 radical (unpaired) electrons. The lowest BCUT2D eigenvalue weighted by atomic mass is 10.1. The van der Waals surface area contributed by atoms with Crippen LogP contribution in [-0.2, 0) is 14.6 Å². The van der Waals surface area contributed by atoms with Gasteiger partial charge < -0.3 is 0 Å². The second kappa shape index (κ2) is 11.5. The SMILES string of the molecule is O=S(=O)(O)OCC(F)CCCCCCCCCCF. The van der Waals surface area contributed by atoms with Crippen LogP contribution in [0.1, 0.15) is 57.8 Å². The van der Waals surface area contributed by atoms with Crippen molar-refractivity contribution in [2.75, 3.05) is 13.3 Å². The second-order valence-electron chi connectivity index (χ2n) is 4.62. The van der Waals surface area contributed by atoms with Crippen LogP contribution in [0.25, 0.3) is 0 Å². The first kappa shape index (κ1) is 18.7. The van der Waals surface area contributed by atoms with Crippen molar-refractivity contribution in [3.05, 3.63) is 0 Å². The highest BCUT2D eigenvalue weighted by atomic mass is 32.3. The van der Waals surface area contributed by atoms with E-state index in [-0.39, 0.29) is 13.1 Å². The van der Waals surface area contributed by atoms with Crippen molar-refractivity contribution < 1.29 is 25.9 Å². The Balaban J connectivity index is 3.25. The van der Waals surface area contributed by atoms with E-state index >= 15 is 0 Å². The molecule has 1 N–H and O–H groups in total. The quantitative estimate of drug-likeness (QED) is 0.417. The second-order valence-corrected chi connectivity index (χ2v) is 5.71. The molecule has 0 heterocycles. The molecule has 0 saturated carbocycles. The van der Waals surface area contributed by atoms with Crippen LogP contribution in [0.5, 0.6) is 0 Å². The fraction of sp³-hybridized carbons (Fsp3) is 1.00. The summed E-state index contributed by atoms with van der Waals surface area (Å²) in [5.74, 6) is 0. The van der Waals surface area contributed by atoms with E-state index in [2.05, 4.69) is 4.18 Å². The topological polar surface area (TPSA) is 63.6 Å². The van der Waals surface area contributed by atoms with Crippen LogP contribution in [-0.4, -0.2) is 32.4 Å². The normalized spacial score (nSPS) is 13.6. The molecule has 0 rings (SSSR count). The predicted molar refractivity (Wildman–Crippen MR) is 69.9 cm³/mol. The zero-order valence-electron chi connectivity index (χ0n) is 11.2. The van der Waals surface area contributed by atoms with Gasteiger partial charge in [0, 0.05) is 0 Å². The van der Waals surface area contributed by atoms with E-state index in [4.69, 9.17) is 4.55 Å². The van der Waals surface area contributed by atoms with Gasteiger partial charge in [-0.25, -0.2) is 8.57 Å². The molecule has 0 aromatic heterocycles. The minimum atomic E-state index is -4.54. The molecule has 0 spiro atoms. The smallest absolute Gasteiger partial charge is 0.264 e. The first-order valence-electron chi connectivity index (χ1n) is 6.77. The van der Waals surface area contributed by atoms with E-state index in [1.807, 2.05) is 0 Å². The molecule has 7 heteroatoms. The summed E-state index contributed by atoms with van der Waals surface area (Å²) in [4.78, 5) is 0. The van der Waals surface area contributed by atoms with Gasteiger partial charge in [0.2, 0.25) is 0 Å². The first-order valence-corrected chi connectivity index (χ1v) is 8.14. The monoisotopic (exact) mass is 302 g/mol. The predicted octanol–water partition coefficient (Wildman–Crippen LogP) is 3.62. The number of rotatable bonds is 13. The highest BCUT2D eigenvalue weighted by Crippen LogP contribution is 2.12. The van der Waals surface area contributed by atoms with Crippen LogP contribution < -0.4 is 0 Å². The Hall–Kier alpha value is -0.270. The summed E-state index contributed by atoms with van der Waals surface area (Å²) in [5, 5.41) is 0. The fourth-order valence-electron chi connectivity index (χ4n) is 1.76. The number of hydrogen-bond acceptors (Lipinski definition) is 3. The number of halogens is 2. The van der Waals surface area contributed by atoms with Gasteiger partial charge in [0.05, 0.1) is 13.3 Å². The number of hydrogen-bond donors (Lipinski definition) is 1. The van der Waals surface area contributed by atoms with Crippen molar-refractivity contribution >= 4 is 10.4 Å². The van der Waals surface area contributed by atoms with Gasteiger partial charge in [0.25, 0.3) is 0 Å². The summed E-state index contributed by atoms with van der Waals surface area (Å²) in [7, 11) is -4.54. The highest BCUT2D eigenvalue weighted by Gasteiger charge is 2.11. The van der Waals surface area contributed by atoms with Crippen molar-refractivity contribution in [3.63, 3.8) is 0 Å². The average molecular weight is 302 g/mol. The zero-order valence-corrected chi connectivity index (χ0v) is 12.0. The Bertz CT molecular complexity index is 296. The van der Waals surface area contributed by atoms with Gasteiger partial charge >= 0.3 is 10.4 Å². The Kier molecular flexibility index (Phi) is 11.4. The molecule has 0 aromatic carbocycles. The van der Waals surface area contributed by atoms with Crippen LogP contribution in [0.3, 0.4) is 0 Å². The summed E-state index contributed by atoms with van der Waals surface area (Å²) in [6, 6.07) is 0. The summed E-state index contributed by atoms with van der Waals surface area (Å²) in [6.45, 7) is -0.869. The summed E-state index contributed by atoms with van der Waals surface area (Å²) < 4.78 is 57.5.